The average molecular weight is 288 g/mol. The Bertz CT molecular complexity index is 686. The highest BCUT2D eigenvalue weighted by Crippen LogP contribution is 2.29. The molecule has 2 aromatic carbocycles. The number of nitrogens with zero attached hydrogens (tertiary/aromatic N) is 1. The van der Waals surface area contributed by atoms with Crippen molar-refractivity contribution in [2.45, 2.75) is 12.8 Å². The molecule has 0 saturated carbocycles. The molecule has 0 N–H and O–H groups in total. The fraction of sp³-hybridized carbons (Fsp3) is 0.125. The Morgan fingerprint density at radius 1 is 1.30 bits per heavy atom. The lowest BCUT2D eigenvalue weighted by Crippen LogP contribution is -2.13. The Balaban J connectivity index is 2.49. The summed E-state index contributed by atoms with van der Waals surface area (Å²) in [6.07, 6.45) is 0. The van der Waals surface area contributed by atoms with E-state index in [1.54, 1.807) is 18.2 Å². The summed E-state index contributed by atoms with van der Waals surface area (Å²) < 4.78 is 13.9. The third-order valence-corrected chi connectivity index (χ3v) is 3.31. The molecule has 20 heavy (non-hydrogen) atoms. The second kappa shape index (κ2) is 5.85. The maximum absolute atomic E-state index is 13.9. The highest BCUT2D eigenvalue weighted by Gasteiger charge is 2.26. The van der Waals surface area contributed by atoms with Crippen molar-refractivity contribution in [1.82, 2.24) is 0 Å². The zero-order valence-electron chi connectivity index (χ0n) is 10.7. The van der Waals surface area contributed by atoms with E-state index < -0.39 is 17.5 Å². The van der Waals surface area contributed by atoms with Crippen molar-refractivity contribution in [3.8, 4) is 6.07 Å². The molecule has 0 fully saturated rings. The van der Waals surface area contributed by atoms with Gasteiger partial charge in [-0.1, -0.05) is 41.4 Å². The number of rotatable bonds is 3. The van der Waals surface area contributed by atoms with Gasteiger partial charge in [0.2, 0.25) is 0 Å². The molecule has 0 aromatic heterocycles. The molecule has 0 amide bonds. The number of aryl methyl sites for hydroxylation is 1. The largest absolute Gasteiger partial charge is 0.292 e. The fourth-order valence-electron chi connectivity index (χ4n) is 2.01. The first-order valence-electron chi connectivity index (χ1n) is 5.99. The van der Waals surface area contributed by atoms with Crippen molar-refractivity contribution < 1.29 is 9.18 Å². The minimum atomic E-state index is -1.24. The van der Waals surface area contributed by atoms with Crippen LogP contribution in [0, 0.1) is 24.1 Å². The molecule has 0 radical (unpaired) electrons. The highest BCUT2D eigenvalue weighted by atomic mass is 35.5. The van der Waals surface area contributed by atoms with Crippen LogP contribution in [0.1, 0.15) is 27.4 Å². The molecule has 0 aliphatic heterocycles. The van der Waals surface area contributed by atoms with Gasteiger partial charge in [-0.2, -0.15) is 5.26 Å². The van der Waals surface area contributed by atoms with Crippen LogP contribution >= 0.6 is 11.6 Å². The lowest BCUT2D eigenvalue weighted by molar-refractivity contribution is 0.0977. The van der Waals surface area contributed by atoms with E-state index in [1.165, 1.54) is 18.2 Å². The van der Waals surface area contributed by atoms with E-state index in [-0.39, 0.29) is 10.6 Å². The van der Waals surface area contributed by atoms with Crippen LogP contribution in [0.25, 0.3) is 0 Å². The minimum absolute atomic E-state index is 0.0665. The number of benzene rings is 2. The molecule has 0 saturated heterocycles. The van der Waals surface area contributed by atoms with Gasteiger partial charge in [0.25, 0.3) is 0 Å². The maximum atomic E-state index is 13.9. The Morgan fingerprint density at radius 2 is 2.00 bits per heavy atom. The Kier molecular flexibility index (Phi) is 4.16. The van der Waals surface area contributed by atoms with Gasteiger partial charge in [0.1, 0.15) is 11.7 Å². The molecule has 100 valence electrons. The second-order valence-electron chi connectivity index (χ2n) is 4.43. The van der Waals surface area contributed by atoms with Crippen LogP contribution in [0.2, 0.25) is 5.02 Å². The van der Waals surface area contributed by atoms with Gasteiger partial charge < -0.3 is 0 Å². The standard InChI is InChI=1S/C16H11ClFNO/c1-10-4-2-5-11(8-10)16(20)12(9-19)15-13(17)6-3-7-14(15)18/h2-8,12H,1H3. The second-order valence-corrected chi connectivity index (χ2v) is 4.84. The van der Waals surface area contributed by atoms with Crippen molar-refractivity contribution in [2.75, 3.05) is 0 Å². The number of Topliss-reactive ketones (excluding diaryl/α,β-unsaturated/α-hetero) is 1. The summed E-state index contributed by atoms with van der Waals surface area (Å²) >= 11 is 5.92. The van der Waals surface area contributed by atoms with Crippen LogP contribution in [0.5, 0.6) is 0 Å². The molecule has 0 aliphatic rings. The van der Waals surface area contributed by atoms with Gasteiger partial charge in [-0.15, -0.1) is 0 Å². The number of hydrogen-bond donors (Lipinski definition) is 0. The lowest BCUT2D eigenvalue weighted by Gasteiger charge is -2.11. The number of nitriles is 1. The molecular formula is C16H11ClFNO. The van der Waals surface area contributed by atoms with Crippen LogP contribution in [0.15, 0.2) is 42.5 Å². The minimum Gasteiger partial charge on any atom is -0.292 e. The predicted molar refractivity (Wildman–Crippen MR) is 75.3 cm³/mol. The lowest BCUT2D eigenvalue weighted by atomic mass is 9.91. The molecular weight excluding hydrogens is 277 g/mol. The molecule has 0 bridgehead atoms. The topological polar surface area (TPSA) is 40.9 Å². The van der Waals surface area contributed by atoms with Gasteiger partial charge >= 0.3 is 0 Å². The van der Waals surface area contributed by atoms with Gasteiger partial charge in [0, 0.05) is 16.1 Å². The van der Waals surface area contributed by atoms with Crippen LogP contribution in [-0.4, -0.2) is 5.78 Å². The summed E-state index contributed by atoms with van der Waals surface area (Å²) in [7, 11) is 0. The zero-order valence-corrected chi connectivity index (χ0v) is 11.5. The highest BCUT2D eigenvalue weighted by molar-refractivity contribution is 6.31. The van der Waals surface area contributed by atoms with E-state index in [4.69, 9.17) is 11.6 Å². The molecule has 2 rings (SSSR count). The van der Waals surface area contributed by atoms with Crippen molar-refractivity contribution in [2.24, 2.45) is 0 Å². The van der Waals surface area contributed by atoms with Crippen molar-refractivity contribution in [3.05, 3.63) is 70.0 Å². The summed E-state index contributed by atoms with van der Waals surface area (Å²) in [6, 6.07) is 12.8. The van der Waals surface area contributed by atoms with Gasteiger partial charge in [0.05, 0.1) is 6.07 Å². The van der Waals surface area contributed by atoms with Crippen molar-refractivity contribution >= 4 is 17.4 Å². The number of ketones is 1. The summed E-state index contributed by atoms with van der Waals surface area (Å²) in [5.74, 6) is -2.35. The van der Waals surface area contributed by atoms with Gasteiger partial charge in [-0.3, -0.25) is 4.79 Å². The monoisotopic (exact) mass is 287 g/mol. The fourth-order valence-corrected chi connectivity index (χ4v) is 2.28. The molecule has 0 heterocycles. The smallest absolute Gasteiger partial charge is 0.184 e. The average Bonchev–Trinajstić information content (AvgIpc) is 2.42. The summed E-state index contributed by atoms with van der Waals surface area (Å²) in [5, 5.41) is 9.31. The quantitative estimate of drug-likeness (QED) is 0.791. The van der Waals surface area contributed by atoms with Gasteiger partial charge in [0.15, 0.2) is 5.78 Å². The molecule has 2 aromatic rings. The number of halogens is 2. The van der Waals surface area contributed by atoms with E-state index in [2.05, 4.69) is 0 Å². The maximum Gasteiger partial charge on any atom is 0.184 e. The van der Waals surface area contributed by atoms with Crippen LogP contribution in [0.4, 0.5) is 4.39 Å². The van der Waals surface area contributed by atoms with E-state index >= 15 is 0 Å². The number of hydrogen-bond acceptors (Lipinski definition) is 2. The molecule has 0 spiro atoms. The molecule has 0 aliphatic carbocycles. The summed E-state index contributed by atoms with van der Waals surface area (Å²) in [5.41, 5.74) is 1.20. The first-order chi connectivity index (χ1) is 9.54. The van der Waals surface area contributed by atoms with Crippen LogP contribution < -0.4 is 0 Å². The van der Waals surface area contributed by atoms with Crippen molar-refractivity contribution in [3.63, 3.8) is 0 Å². The third kappa shape index (κ3) is 2.71. The molecule has 1 unspecified atom stereocenters. The van der Waals surface area contributed by atoms with Crippen LogP contribution in [0.3, 0.4) is 0 Å². The number of carbonyl (C=O) groups excluding carboxylic acids is 1. The summed E-state index contributed by atoms with van der Waals surface area (Å²) in [4.78, 5) is 12.4. The van der Waals surface area contributed by atoms with E-state index in [1.807, 2.05) is 19.1 Å². The first kappa shape index (κ1) is 14.2. The van der Waals surface area contributed by atoms with E-state index in [9.17, 15) is 14.4 Å². The molecule has 2 nitrogen and oxygen atoms in total. The van der Waals surface area contributed by atoms with E-state index in [0.29, 0.717) is 5.56 Å². The van der Waals surface area contributed by atoms with Crippen molar-refractivity contribution in [1.29, 1.82) is 5.26 Å². The summed E-state index contributed by atoms with van der Waals surface area (Å²) in [6.45, 7) is 1.84. The Labute approximate surface area is 121 Å². The van der Waals surface area contributed by atoms with Gasteiger partial charge in [-0.25, -0.2) is 4.39 Å². The van der Waals surface area contributed by atoms with Gasteiger partial charge in [-0.05, 0) is 25.1 Å². The third-order valence-electron chi connectivity index (χ3n) is 2.98. The number of carbonyl (C=O) groups is 1. The zero-order chi connectivity index (χ0) is 14.7. The molecule has 1 atom stereocenters. The SMILES string of the molecule is Cc1cccc(C(=O)C(C#N)c2c(F)cccc2Cl)c1. The van der Waals surface area contributed by atoms with Crippen LogP contribution in [-0.2, 0) is 0 Å². The molecule has 4 heteroatoms. The first-order valence-corrected chi connectivity index (χ1v) is 6.37. The van der Waals surface area contributed by atoms with E-state index in [0.717, 1.165) is 5.56 Å². The Morgan fingerprint density at radius 3 is 2.60 bits per heavy atom. The predicted octanol–water partition coefficient (Wildman–Crippen LogP) is 4.28. The normalized spacial score (nSPS) is 11.7. The Hall–Kier alpha value is -2.18.